The van der Waals surface area contributed by atoms with E-state index in [1.54, 1.807) is 4.31 Å². The van der Waals surface area contributed by atoms with Gasteiger partial charge in [-0.15, -0.1) is 0 Å². The molecule has 0 aromatic heterocycles. The number of hydrogen-bond acceptors (Lipinski definition) is 4. The number of sulfonamides is 1. The Balaban J connectivity index is 2.37. The second-order valence-corrected chi connectivity index (χ2v) is 8.54. The topological polar surface area (TPSA) is 73.8 Å². The van der Waals surface area contributed by atoms with Crippen LogP contribution in [0.15, 0.2) is 4.99 Å². The van der Waals surface area contributed by atoms with Gasteiger partial charge in [-0.05, 0) is 13.3 Å². The van der Waals surface area contributed by atoms with Crippen LogP contribution in [0.4, 0.5) is 0 Å². The molecular weight excluding hydrogens is 320 g/mol. The van der Waals surface area contributed by atoms with Gasteiger partial charge in [0.2, 0.25) is 10.0 Å². The highest BCUT2D eigenvalue weighted by Crippen LogP contribution is 2.12. The first kappa shape index (κ1) is 19.6. The minimum Gasteiger partial charge on any atom is -0.357 e. The average molecular weight is 351 g/mol. The van der Waals surface area contributed by atoms with Crippen LogP contribution in [0.5, 0.6) is 0 Å². The van der Waals surface area contributed by atoms with Gasteiger partial charge >= 0.3 is 0 Å². The fourth-order valence-electron chi connectivity index (χ4n) is 2.15. The normalized spacial score (nSPS) is 17.5. The fourth-order valence-corrected chi connectivity index (χ4v) is 4.64. The first-order chi connectivity index (χ1) is 10.6. The van der Waals surface area contributed by atoms with E-state index in [1.807, 2.05) is 18.7 Å². The number of rotatable bonds is 9. The molecule has 130 valence electrons. The van der Waals surface area contributed by atoms with Crippen LogP contribution in [-0.2, 0) is 10.0 Å². The average Bonchev–Trinajstić information content (AvgIpc) is 2.52. The van der Waals surface area contributed by atoms with Crippen molar-refractivity contribution in [2.24, 2.45) is 4.99 Å². The largest absolute Gasteiger partial charge is 0.357 e. The molecule has 0 saturated carbocycles. The van der Waals surface area contributed by atoms with E-state index in [9.17, 15) is 8.42 Å². The molecule has 0 aromatic carbocycles. The summed E-state index contributed by atoms with van der Waals surface area (Å²) in [5.74, 6) is 2.63. The number of unbranched alkanes of at least 4 members (excludes halogenated alkanes) is 2. The minimum absolute atomic E-state index is 0.122. The molecular formula is C14H30N4O2S2. The second kappa shape index (κ2) is 11.1. The van der Waals surface area contributed by atoms with Crippen LogP contribution >= 0.6 is 11.8 Å². The van der Waals surface area contributed by atoms with Crippen LogP contribution < -0.4 is 10.6 Å². The molecule has 1 aliphatic rings. The highest BCUT2D eigenvalue weighted by atomic mass is 32.2. The molecule has 22 heavy (non-hydrogen) atoms. The van der Waals surface area contributed by atoms with Crippen molar-refractivity contribution < 1.29 is 8.42 Å². The molecule has 2 N–H and O–H groups in total. The van der Waals surface area contributed by atoms with Crippen LogP contribution in [0.3, 0.4) is 0 Å². The van der Waals surface area contributed by atoms with Crippen molar-refractivity contribution >= 4 is 27.7 Å². The van der Waals surface area contributed by atoms with E-state index in [0.717, 1.165) is 31.0 Å². The number of thioether (sulfide) groups is 1. The summed E-state index contributed by atoms with van der Waals surface area (Å²) in [6.07, 6.45) is 3.41. The van der Waals surface area contributed by atoms with Crippen LogP contribution in [0.25, 0.3) is 0 Å². The van der Waals surface area contributed by atoms with Crippen molar-refractivity contribution in [2.45, 2.75) is 33.1 Å². The summed E-state index contributed by atoms with van der Waals surface area (Å²) >= 11 is 1.81. The van der Waals surface area contributed by atoms with Crippen molar-refractivity contribution in [2.75, 3.05) is 50.0 Å². The summed E-state index contributed by atoms with van der Waals surface area (Å²) in [5, 5.41) is 6.27. The summed E-state index contributed by atoms with van der Waals surface area (Å²) in [6, 6.07) is 0. The van der Waals surface area contributed by atoms with Crippen molar-refractivity contribution in [1.29, 1.82) is 0 Å². The Morgan fingerprint density at radius 3 is 2.55 bits per heavy atom. The lowest BCUT2D eigenvalue weighted by molar-refractivity contribution is 0.443. The lowest BCUT2D eigenvalue weighted by Gasteiger charge is -2.25. The van der Waals surface area contributed by atoms with Gasteiger partial charge in [0.25, 0.3) is 0 Å². The van der Waals surface area contributed by atoms with E-state index < -0.39 is 10.0 Å². The van der Waals surface area contributed by atoms with Crippen LogP contribution in [0.2, 0.25) is 0 Å². The van der Waals surface area contributed by atoms with Gasteiger partial charge in [-0.25, -0.2) is 12.7 Å². The third kappa shape index (κ3) is 7.69. The number of guanidine groups is 1. The van der Waals surface area contributed by atoms with Crippen molar-refractivity contribution in [1.82, 2.24) is 14.9 Å². The Morgan fingerprint density at radius 2 is 1.91 bits per heavy atom. The van der Waals surface area contributed by atoms with E-state index in [0.29, 0.717) is 25.6 Å². The Kier molecular flexibility index (Phi) is 9.90. The molecule has 1 heterocycles. The van der Waals surface area contributed by atoms with Gasteiger partial charge in [0.1, 0.15) is 0 Å². The van der Waals surface area contributed by atoms with E-state index in [1.165, 1.54) is 12.8 Å². The molecule has 0 atom stereocenters. The number of aliphatic imine (C=N–C) groups is 1. The summed E-state index contributed by atoms with van der Waals surface area (Å²) in [6.45, 7) is 7.39. The third-order valence-corrected chi connectivity index (χ3v) is 6.21. The summed E-state index contributed by atoms with van der Waals surface area (Å²) < 4.78 is 26.1. The number of hydrogen-bond donors (Lipinski definition) is 2. The zero-order valence-electron chi connectivity index (χ0n) is 13.8. The number of nitrogens with one attached hydrogen (secondary N) is 2. The maximum Gasteiger partial charge on any atom is 0.215 e. The third-order valence-electron chi connectivity index (χ3n) is 3.39. The summed E-state index contributed by atoms with van der Waals surface area (Å²) in [7, 11) is -3.15. The smallest absolute Gasteiger partial charge is 0.215 e. The first-order valence-corrected chi connectivity index (χ1v) is 10.9. The highest BCUT2D eigenvalue weighted by Gasteiger charge is 2.23. The van der Waals surface area contributed by atoms with Crippen molar-refractivity contribution in [3.05, 3.63) is 0 Å². The van der Waals surface area contributed by atoms with Crippen molar-refractivity contribution in [3.8, 4) is 0 Å². The van der Waals surface area contributed by atoms with Gasteiger partial charge in [-0.2, -0.15) is 11.8 Å². The molecule has 1 fully saturated rings. The number of nitrogens with zero attached hydrogens (tertiary/aromatic N) is 2. The highest BCUT2D eigenvalue weighted by molar-refractivity contribution is 7.99. The molecule has 6 nitrogen and oxygen atoms in total. The van der Waals surface area contributed by atoms with Gasteiger partial charge in [-0.3, -0.25) is 4.99 Å². The Hall–Kier alpha value is -0.470. The molecule has 0 amide bonds. The quantitative estimate of drug-likeness (QED) is 0.370. The van der Waals surface area contributed by atoms with Gasteiger partial charge in [0, 0.05) is 44.2 Å². The maximum absolute atomic E-state index is 12.2. The SMILES string of the molecule is CCCCCN=C(NCC)NCCS(=O)(=O)N1CCSCC1. The molecule has 1 saturated heterocycles. The molecule has 8 heteroatoms. The zero-order valence-corrected chi connectivity index (χ0v) is 15.4. The fraction of sp³-hybridized carbons (Fsp3) is 0.929. The Bertz CT molecular complexity index is 421. The van der Waals surface area contributed by atoms with E-state index in [4.69, 9.17) is 0 Å². The van der Waals surface area contributed by atoms with Crippen molar-refractivity contribution in [3.63, 3.8) is 0 Å². The predicted molar refractivity (Wildman–Crippen MR) is 96.2 cm³/mol. The second-order valence-electron chi connectivity index (χ2n) is 5.22. The molecule has 0 aromatic rings. The van der Waals surface area contributed by atoms with Crippen LogP contribution in [-0.4, -0.2) is 68.7 Å². The van der Waals surface area contributed by atoms with E-state index in [2.05, 4.69) is 22.5 Å². The monoisotopic (exact) mass is 350 g/mol. The molecule has 1 aliphatic heterocycles. The molecule has 0 radical (unpaired) electrons. The molecule has 0 spiro atoms. The summed E-state index contributed by atoms with van der Waals surface area (Å²) in [4.78, 5) is 4.47. The predicted octanol–water partition coefficient (Wildman–Crippen LogP) is 1.11. The first-order valence-electron chi connectivity index (χ1n) is 8.18. The Labute approximate surface area is 139 Å². The van der Waals surface area contributed by atoms with Gasteiger partial charge in [-0.1, -0.05) is 19.8 Å². The van der Waals surface area contributed by atoms with Crippen LogP contribution in [0.1, 0.15) is 33.1 Å². The van der Waals surface area contributed by atoms with E-state index >= 15 is 0 Å². The van der Waals surface area contributed by atoms with Gasteiger partial charge in [0.15, 0.2) is 5.96 Å². The van der Waals surface area contributed by atoms with Gasteiger partial charge in [0.05, 0.1) is 5.75 Å². The minimum atomic E-state index is -3.15. The van der Waals surface area contributed by atoms with E-state index in [-0.39, 0.29) is 5.75 Å². The molecule has 0 bridgehead atoms. The summed E-state index contributed by atoms with van der Waals surface area (Å²) in [5.41, 5.74) is 0. The maximum atomic E-state index is 12.2. The molecule has 0 unspecified atom stereocenters. The lowest BCUT2D eigenvalue weighted by atomic mass is 10.2. The van der Waals surface area contributed by atoms with Crippen LogP contribution in [0, 0.1) is 0 Å². The Morgan fingerprint density at radius 1 is 1.18 bits per heavy atom. The van der Waals surface area contributed by atoms with Gasteiger partial charge < -0.3 is 10.6 Å². The molecule has 0 aliphatic carbocycles. The standard InChI is InChI=1S/C14H30N4O2S2/c1-3-5-6-7-16-14(15-4-2)17-8-13-22(19,20)18-9-11-21-12-10-18/h3-13H2,1-2H3,(H2,15,16,17). The molecule has 1 rings (SSSR count). The zero-order chi connectivity index (χ0) is 16.3. The lowest BCUT2D eigenvalue weighted by Crippen LogP contribution is -2.44.